The van der Waals surface area contributed by atoms with E-state index in [1.54, 1.807) is 12.1 Å². The molecule has 10 heteroatoms. The average molecular weight is 445 g/mol. The molecule has 0 radical (unpaired) electrons. The van der Waals surface area contributed by atoms with Crippen LogP contribution in [-0.4, -0.2) is 43.6 Å². The fraction of sp³-hybridized carbons (Fsp3) is 0.150. The number of hydrogen-bond donors (Lipinski definition) is 2. The molecule has 0 bridgehead atoms. The molecule has 3 rings (SSSR count). The van der Waals surface area contributed by atoms with Gasteiger partial charge in [-0.1, -0.05) is 12.1 Å². The van der Waals surface area contributed by atoms with E-state index in [1.165, 1.54) is 56.6 Å². The van der Waals surface area contributed by atoms with Gasteiger partial charge >= 0.3 is 0 Å². The smallest absolute Gasteiger partial charge is 0.257 e. The van der Waals surface area contributed by atoms with Gasteiger partial charge in [0.2, 0.25) is 15.9 Å². The highest BCUT2D eigenvalue weighted by atomic mass is 32.2. The Labute approximate surface area is 178 Å². The summed E-state index contributed by atoms with van der Waals surface area (Å²) in [5.41, 5.74) is 2.55. The minimum atomic E-state index is -3.55. The van der Waals surface area contributed by atoms with Crippen LogP contribution in [0, 0.1) is 0 Å². The lowest BCUT2D eigenvalue weighted by molar-refractivity contribution is -0.114. The predicted molar refractivity (Wildman–Crippen MR) is 117 cm³/mol. The summed E-state index contributed by atoms with van der Waals surface area (Å²) in [6, 6.07) is 12.9. The van der Waals surface area contributed by atoms with Gasteiger partial charge in [0.05, 0.1) is 10.6 Å². The second kappa shape index (κ2) is 8.74. The van der Waals surface area contributed by atoms with Gasteiger partial charge in [-0.05, 0) is 36.4 Å². The first-order chi connectivity index (χ1) is 14.2. The van der Waals surface area contributed by atoms with Crippen LogP contribution in [0.15, 0.2) is 58.8 Å². The van der Waals surface area contributed by atoms with Gasteiger partial charge < -0.3 is 5.32 Å². The number of sulfonamides is 1. The Morgan fingerprint density at radius 1 is 0.967 bits per heavy atom. The summed E-state index contributed by atoms with van der Waals surface area (Å²) in [7, 11) is -0.652. The van der Waals surface area contributed by atoms with Gasteiger partial charge in [-0.3, -0.25) is 14.9 Å². The number of hydrogen-bond acceptors (Lipinski definition) is 6. The minimum Gasteiger partial charge on any atom is -0.326 e. The summed E-state index contributed by atoms with van der Waals surface area (Å²) in [6.45, 7) is 1.44. The number of anilines is 2. The first-order valence-corrected chi connectivity index (χ1v) is 11.2. The van der Waals surface area contributed by atoms with Crippen LogP contribution in [0.25, 0.3) is 11.3 Å². The monoisotopic (exact) mass is 444 g/mol. The molecule has 0 atom stereocenters. The molecule has 3 aromatic rings. The molecule has 0 fully saturated rings. The standard InChI is InChI=1S/C20H20N4O4S2/c1-13(25)21-16-8-4-14(5-9-16)18-12-29-20(22-18)23-19(26)15-6-10-17(11-7-15)30(27,28)24(2)3/h4-12H,1-3H3,(H,21,25)(H,22,23,26). The number of benzene rings is 2. The van der Waals surface area contributed by atoms with Crippen LogP contribution in [0.2, 0.25) is 0 Å². The van der Waals surface area contributed by atoms with E-state index in [9.17, 15) is 18.0 Å². The molecule has 2 amide bonds. The van der Waals surface area contributed by atoms with Gasteiger partial charge in [0.25, 0.3) is 5.91 Å². The SMILES string of the molecule is CC(=O)Nc1ccc(-c2csc(NC(=O)c3ccc(S(=O)(=O)N(C)C)cc3)n2)cc1. The summed E-state index contributed by atoms with van der Waals surface area (Å²) < 4.78 is 25.3. The molecule has 0 aliphatic rings. The normalized spacial score (nSPS) is 11.3. The van der Waals surface area contributed by atoms with Gasteiger partial charge in [-0.2, -0.15) is 0 Å². The first kappa shape index (κ1) is 21.6. The van der Waals surface area contributed by atoms with E-state index in [0.717, 1.165) is 9.87 Å². The molecule has 0 saturated heterocycles. The minimum absolute atomic E-state index is 0.114. The molecular weight excluding hydrogens is 424 g/mol. The second-order valence-corrected chi connectivity index (χ2v) is 9.57. The Morgan fingerprint density at radius 2 is 1.60 bits per heavy atom. The van der Waals surface area contributed by atoms with E-state index in [1.807, 2.05) is 17.5 Å². The van der Waals surface area contributed by atoms with Crippen LogP contribution < -0.4 is 10.6 Å². The predicted octanol–water partition coefficient (Wildman–Crippen LogP) is 3.27. The van der Waals surface area contributed by atoms with Crippen molar-refractivity contribution in [2.45, 2.75) is 11.8 Å². The van der Waals surface area contributed by atoms with Crippen molar-refractivity contribution in [1.29, 1.82) is 0 Å². The Morgan fingerprint density at radius 3 is 2.17 bits per heavy atom. The number of aromatic nitrogens is 1. The maximum absolute atomic E-state index is 12.5. The van der Waals surface area contributed by atoms with Gasteiger partial charge in [-0.25, -0.2) is 17.7 Å². The summed E-state index contributed by atoms with van der Waals surface area (Å²) in [4.78, 5) is 28.1. The maximum Gasteiger partial charge on any atom is 0.257 e. The molecule has 0 aliphatic heterocycles. The second-order valence-electron chi connectivity index (χ2n) is 6.56. The number of nitrogens with zero attached hydrogens (tertiary/aromatic N) is 2. The topological polar surface area (TPSA) is 108 Å². The zero-order valence-electron chi connectivity index (χ0n) is 16.5. The van der Waals surface area contributed by atoms with Crippen molar-refractivity contribution in [3.05, 3.63) is 59.5 Å². The molecule has 2 N–H and O–H groups in total. The van der Waals surface area contributed by atoms with E-state index < -0.39 is 10.0 Å². The number of rotatable bonds is 6. The highest BCUT2D eigenvalue weighted by molar-refractivity contribution is 7.89. The van der Waals surface area contributed by atoms with Crippen LogP contribution >= 0.6 is 11.3 Å². The van der Waals surface area contributed by atoms with E-state index in [2.05, 4.69) is 15.6 Å². The number of amides is 2. The molecule has 0 unspecified atom stereocenters. The van der Waals surface area contributed by atoms with Crippen molar-refractivity contribution in [3.63, 3.8) is 0 Å². The number of carbonyl (C=O) groups excluding carboxylic acids is 2. The van der Waals surface area contributed by atoms with Crippen molar-refractivity contribution in [1.82, 2.24) is 9.29 Å². The number of carbonyl (C=O) groups is 2. The van der Waals surface area contributed by atoms with Crippen LogP contribution in [0.5, 0.6) is 0 Å². The van der Waals surface area contributed by atoms with Crippen molar-refractivity contribution in [2.24, 2.45) is 0 Å². The van der Waals surface area contributed by atoms with Crippen molar-refractivity contribution in [2.75, 3.05) is 24.7 Å². The van der Waals surface area contributed by atoms with E-state index in [0.29, 0.717) is 22.1 Å². The van der Waals surface area contributed by atoms with Crippen LogP contribution in [0.1, 0.15) is 17.3 Å². The fourth-order valence-corrected chi connectivity index (χ4v) is 4.17. The van der Waals surface area contributed by atoms with Gasteiger partial charge in [0.15, 0.2) is 5.13 Å². The van der Waals surface area contributed by atoms with Gasteiger partial charge in [-0.15, -0.1) is 11.3 Å². The van der Waals surface area contributed by atoms with Crippen LogP contribution in [0.3, 0.4) is 0 Å². The highest BCUT2D eigenvalue weighted by Crippen LogP contribution is 2.26. The third-order valence-corrected chi connectivity index (χ3v) is 6.71. The van der Waals surface area contributed by atoms with Crippen LogP contribution in [-0.2, 0) is 14.8 Å². The quantitative estimate of drug-likeness (QED) is 0.607. The first-order valence-electron chi connectivity index (χ1n) is 8.84. The summed E-state index contributed by atoms with van der Waals surface area (Å²) in [5.74, 6) is -0.528. The molecule has 8 nitrogen and oxygen atoms in total. The lowest BCUT2D eigenvalue weighted by Crippen LogP contribution is -2.22. The summed E-state index contributed by atoms with van der Waals surface area (Å²) in [6.07, 6.45) is 0. The Kier molecular flexibility index (Phi) is 6.30. The molecule has 2 aromatic carbocycles. The zero-order chi connectivity index (χ0) is 21.9. The maximum atomic E-state index is 12.5. The molecule has 156 valence electrons. The lowest BCUT2D eigenvalue weighted by atomic mass is 10.1. The molecule has 0 saturated carbocycles. The molecule has 1 aromatic heterocycles. The Hall–Kier alpha value is -3.08. The van der Waals surface area contributed by atoms with Gasteiger partial charge in [0, 0.05) is 43.2 Å². The molecular formula is C20H20N4O4S2. The summed E-state index contributed by atoms with van der Waals surface area (Å²) >= 11 is 1.28. The fourth-order valence-electron chi connectivity index (χ4n) is 2.55. The summed E-state index contributed by atoms with van der Waals surface area (Å²) in [5, 5.41) is 7.65. The van der Waals surface area contributed by atoms with E-state index >= 15 is 0 Å². The lowest BCUT2D eigenvalue weighted by Gasteiger charge is -2.11. The molecule has 30 heavy (non-hydrogen) atoms. The Bertz CT molecular complexity index is 1170. The third-order valence-electron chi connectivity index (χ3n) is 4.12. The van der Waals surface area contributed by atoms with Crippen molar-refractivity contribution >= 4 is 44.0 Å². The zero-order valence-corrected chi connectivity index (χ0v) is 18.2. The highest BCUT2D eigenvalue weighted by Gasteiger charge is 2.18. The van der Waals surface area contributed by atoms with Crippen molar-refractivity contribution in [3.8, 4) is 11.3 Å². The van der Waals surface area contributed by atoms with Crippen LogP contribution in [0.4, 0.5) is 10.8 Å². The largest absolute Gasteiger partial charge is 0.326 e. The molecule has 1 heterocycles. The molecule has 0 aliphatic carbocycles. The van der Waals surface area contributed by atoms with E-state index in [4.69, 9.17) is 0 Å². The number of thiazole rings is 1. The third kappa shape index (κ3) is 4.90. The van der Waals surface area contributed by atoms with E-state index in [-0.39, 0.29) is 16.7 Å². The Balaban J connectivity index is 1.70. The number of nitrogens with one attached hydrogen (secondary N) is 2. The molecule has 0 spiro atoms. The average Bonchev–Trinajstić information content (AvgIpc) is 3.16. The van der Waals surface area contributed by atoms with Crippen molar-refractivity contribution < 1.29 is 18.0 Å². The van der Waals surface area contributed by atoms with Gasteiger partial charge in [0.1, 0.15) is 0 Å².